The van der Waals surface area contributed by atoms with Crippen molar-refractivity contribution in [2.75, 3.05) is 0 Å². The van der Waals surface area contributed by atoms with Crippen LogP contribution in [-0.2, 0) is 0 Å². The van der Waals surface area contributed by atoms with Gasteiger partial charge in [-0.05, 0) is 74.1 Å². The minimum absolute atomic E-state index is 0.120. The van der Waals surface area contributed by atoms with E-state index >= 15 is 0 Å². The highest BCUT2D eigenvalue weighted by Crippen LogP contribution is 2.39. The van der Waals surface area contributed by atoms with Gasteiger partial charge in [-0.15, -0.1) is 10.2 Å². The number of hydrogen-bond acceptors (Lipinski definition) is 3. The van der Waals surface area contributed by atoms with Crippen LogP contribution in [0.25, 0.3) is 16.8 Å². The first-order valence-electron chi connectivity index (χ1n) is 9.01. The summed E-state index contributed by atoms with van der Waals surface area (Å²) >= 11 is 0. The summed E-state index contributed by atoms with van der Waals surface area (Å²) in [6.07, 6.45) is 5.46. The van der Waals surface area contributed by atoms with Gasteiger partial charge in [-0.3, -0.25) is 9.36 Å². The summed E-state index contributed by atoms with van der Waals surface area (Å²) in [5.74, 6) is 0.113. The van der Waals surface area contributed by atoms with Gasteiger partial charge >= 0.3 is 0 Å². The predicted octanol–water partition coefficient (Wildman–Crippen LogP) is 3.99. The standard InChI is InChI=1S/C21H21FN4O/c1-21(2,17-5-6-17)25-20(27)16-9-15(14-3-7-18(22)8-4-14)10-19(11-16)26-12-23-24-13-26/h3-4,7-13,17H,5-6H2,1-2H3,(H,25,27). The zero-order valence-corrected chi connectivity index (χ0v) is 15.3. The third kappa shape index (κ3) is 3.74. The molecule has 1 aliphatic carbocycles. The first-order chi connectivity index (χ1) is 12.9. The number of benzene rings is 2. The number of aromatic nitrogens is 3. The normalized spacial score (nSPS) is 14.2. The minimum atomic E-state index is -0.294. The van der Waals surface area contributed by atoms with Crippen LogP contribution in [0.1, 0.15) is 37.0 Å². The lowest BCUT2D eigenvalue weighted by atomic mass is 9.97. The maximum atomic E-state index is 13.3. The summed E-state index contributed by atoms with van der Waals surface area (Å²) in [7, 11) is 0. The molecule has 1 N–H and O–H groups in total. The summed E-state index contributed by atoms with van der Waals surface area (Å²) < 4.78 is 15.0. The monoisotopic (exact) mass is 364 g/mol. The molecule has 0 saturated heterocycles. The van der Waals surface area contributed by atoms with E-state index in [1.165, 1.54) is 12.1 Å². The SMILES string of the molecule is CC(C)(NC(=O)c1cc(-c2ccc(F)cc2)cc(-n2cnnc2)c1)C1CC1. The molecule has 5 nitrogen and oxygen atoms in total. The van der Waals surface area contributed by atoms with E-state index in [0.29, 0.717) is 11.5 Å². The van der Waals surface area contributed by atoms with Crippen LogP contribution in [0, 0.1) is 11.7 Å². The molecule has 0 atom stereocenters. The molecule has 0 spiro atoms. The van der Waals surface area contributed by atoms with Crippen molar-refractivity contribution < 1.29 is 9.18 Å². The molecule has 1 heterocycles. The van der Waals surface area contributed by atoms with Gasteiger partial charge in [0, 0.05) is 16.8 Å². The molecule has 27 heavy (non-hydrogen) atoms. The first kappa shape index (κ1) is 17.4. The molecule has 138 valence electrons. The van der Waals surface area contributed by atoms with Gasteiger partial charge in [-0.25, -0.2) is 4.39 Å². The van der Waals surface area contributed by atoms with Crippen molar-refractivity contribution in [1.82, 2.24) is 20.1 Å². The lowest BCUT2D eigenvalue weighted by Crippen LogP contribution is -2.45. The molecule has 1 aromatic heterocycles. The lowest BCUT2D eigenvalue weighted by Gasteiger charge is -2.26. The molecule has 1 saturated carbocycles. The second-order valence-corrected chi connectivity index (χ2v) is 7.59. The molecule has 0 aliphatic heterocycles. The van der Waals surface area contributed by atoms with Gasteiger partial charge in [-0.1, -0.05) is 12.1 Å². The Bertz CT molecular complexity index is 960. The van der Waals surface area contributed by atoms with E-state index in [9.17, 15) is 9.18 Å². The number of rotatable bonds is 5. The van der Waals surface area contributed by atoms with Crippen molar-refractivity contribution in [2.45, 2.75) is 32.2 Å². The largest absolute Gasteiger partial charge is 0.347 e. The van der Waals surface area contributed by atoms with Crippen molar-refractivity contribution in [3.05, 3.63) is 66.5 Å². The van der Waals surface area contributed by atoms with Gasteiger partial charge in [0.05, 0.1) is 0 Å². The lowest BCUT2D eigenvalue weighted by molar-refractivity contribution is 0.0903. The van der Waals surface area contributed by atoms with Crippen molar-refractivity contribution in [3.63, 3.8) is 0 Å². The Labute approximate surface area is 157 Å². The third-order valence-electron chi connectivity index (χ3n) is 5.11. The molecule has 1 aliphatic rings. The van der Waals surface area contributed by atoms with E-state index < -0.39 is 0 Å². The summed E-state index contributed by atoms with van der Waals surface area (Å²) in [6.45, 7) is 4.13. The number of amides is 1. The molecule has 1 fully saturated rings. The van der Waals surface area contributed by atoms with E-state index in [2.05, 4.69) is 29.4 Å². The highest BCUT2D eigenvalue weighted by Gasteiger charge is 2.38. The Balaban J connectivity index is 1.73. The Morgan fingerprint density at radius 1 is 1.07 bits per heavy atom. The number of nitrogens with zero attached hydrogens (tertiary/aromatic N) is 3. The van der Waals surface area contributed by atoms with Crippen LogP contribution in [-0.4, -0.2) is 26.2 Å². The fourth-order valence-corrected chi connectivity index (χ4v) is 3.31. The fraction of sp³-hybridized carbons (Fsp3) is 0.286. The number of carbonyl (C=O) groups excluding carboxylic acids is 1. The molecule has 4 rings (SSSR count). The zero-order valence-electron chi connectivity index (χ0n) is 15.3. The summed E-state index contributed by atoms with van der Waals surface area (Å²) in [5.41, 5.74) is 2.75. The molecule has 0 unspecified atom stereocenters. The van der Waals surface area contributed by atoms with Crippen LogP contribution >= 0.6 is 0 Å². The summed E-state index contributed by atoms with van der Waals surface area (Å²) in [5, 5.41) is 10.8. The van der Waals surface area contributed by atoms with Gasteiger partial charge in [0.25, 0.3) is 5.91 Å². The molecule has 2 aromatic carbocycles. The maximum absolute atomic E-state index is 13.3. The zero-order chi connectivity index (χ0) is 19.0. The minimum Gasteiger partial charge on any atom is -0.347 e. The fourth-order valence-electron chi connectivity index (χ4n) is 3.31. The van der Waals surface area contributed by atoms with Crippen molar-refractivity contribution in [2.24, 2.45) is 5.92 Å². The molecule has 1 amide bonds. The van der Waals surface area contributed by atoms with E-state index in [0.717, 1.165) is 29.7 Å². The molecular weight excluding hydrogens is 343 g/mol. The van der Waals surface area contributed by atoms with Crippen LogP contribution in [0.3, 0.4) is 0 Å². The van der Waals surface area contributed by atoms with Crippen molar-refractivity contribution >= 4 is 5.91 Å². The van der Waals surface area contributed by atoms with Crippen molar-refractivity contribution in [1.29, 1.82) is 0 Å². The summed E-state index contributed by atoms with van der Waals surface area (Å²) in [4.78, 5) is 12.9. The average molecular weight is 364 g/mol. The van der Waals surface area contributed by atoms with E-state index in [1.807, 2.05) is 18.2 Å². The molecule has 6 heteroatoms. The van der Waals surface area contributed by atoms with Crippen LogP contribution in [0.15, 0.2) is 55.1 Å². The Kier molecular flexibility index (Phi) is 4.26. The number of carbonyl (C=O) groups is 1. The van der Waals surface area contributed by atoms with Gasteiger partial charge < -0.3 is 5.32 Å². The highest BCUT2D eigenvalue weighted by atomic mass is 19.1. The molecular formula is C21H21FN4O. The van der Waals surface area contributed by atoms with Gasteiger partial charge in [0.2, 0.25) is 0 Å². The number of halogens is 1. The molecule has 0 bridgehead atoms. The molecule has 0 radical (unpaired) electrons. The quantitative estimate of drug-likeness (QED) is 0.745. The van der Waals surface area contributed by atoms with Gasteiger partial charge in [0.15, 0.2) is 0 Å². The Morgan fingerprint density at radius 3 is 2.37 bits per heavy atom. The van der Waals surface area contributed by atoms with E-state index in [4.69, 9.17) is 0 Å². The second-order valence-electron chi connectivity index (χ2n) is 7.59. The topological polar surface area (TPSA) is 59.8 Å². The third-order valence-corrected chi connectivity index (χ3v) is 5.11. The van der Waals surface area contributed by atoms with Gasteiger partial charge in [-0.2, -0.15) is 0 Å². The maximum Gasteiger partial charge on any atom is 0.251 e. The Morgan fingerprint density at radius 2 is 1.74 bits per heavy atom. The number of hydrogen-bond donors (Lipinski definition) is 1. The molecule has 3 aromatic rings. The van der Waals surface area contributed by atoms with Crippen LogP contribution in [0.4, 0.5) is 4.39 Å². The second kappa shape index (κ2) is 6.61. The van der Waals surface area contributed by atoms with E-state index in [1.54, 1.807) is 29.4 Å². The first-order valence-corrected chi connectivity index (χ1v) is 9.01. The smallest absolute Gasteiger partial charge is 0.251 e. The predicted molar refractivity (Wildman–Crippen MR) is 101 cm³/mol. The van der Waals surface area contributed by atoms with Crippen LogP contribution in [0.5, 0.6) is 0 Å². The highest BCUT2D eigenvalue weighted by molar-refractivity contribution is 5.96. The average Bonchev–Trinajstić information content (AvgIpc) is 3.38. The van der Waals surface area contributed by atoms with E-state index in [-0.39, 0.29) is 17.3 Å². The van der Waals surface area contributed by atoms with Crippen LogP contribution < -0.4 is 5.32 Å². The van der Waals surface area contributed by atoms with Crippen LogP contribution in [0.2, 0.25) is 0 Å². The van der Waals surface area contributed by atoms with Gasteiger partial charge in [0.1, 0.15) is 18.5 Å². The summed E-state index contributed by atoms with van der Waals surface area (Å²) in [6, 6.07) is 11.8. The Hall–Kier alpha value is -3.02. The number of nitrogens with one attached hydrogen (secondary N) is 1. The van der Waals surface area contributed by atoms with Crippen molar-refractivity contribution in [3.8, 4) is 16.8 Å².